The number of benzene rings is 2. The monoisotopic (exact) mass is 429 g/mol. The van der Waals surface area contributed by atoms with Crippen molar-refractivity contribution >= 4 is 11.3 Å². The molecule has 0 aliphatic carbocycles. The molecule has 0 aliphatic rings. The van der Waals surface area contributed by atoms with E-state index in [0.29, 0.717) is 6.61 Å². The van der Waals surface area contributed by atoms with Crippen LogP contribution in [0.2, 0.25) is 0 Å². The van der Waals surface area contributed by atoms with Gasteiger partial charge in [0, 0.05) is 18.5 Å². The molecule has 0 radical (unpaired) electrons. The first-order valence-corrected chi connectivity index (χ1v) is 11.5. The summed E-state index contributed by atoms with van der Waals surface area (Å²) < 4.78 is 6.07. The minimum absolute atomic E-state index is 0.0456. The third-order valence-corrected chi connectivity index (χ3v) is 5.29. The molecule has 3 rings (SSSR count). The fourth-order valence-electron chi connectivity index (χ4n) is 3.10. The van der Waals surface area contributed by atoms with Crippen molar-refractivity contribution in [1.82, 2.24) is 4.90 Å². The van der Waals surface area contributed by atoms with E-state index in [-0.39, 0.29) is 5.41 Å². The number of likely N-dealkylation sites (N-methyl/N-ethyl adjacent to an activating group) is 1. The van der Waals surface area contributed by atoms with E-state index in [9.17, 15) is 0 Å². The van der Waals surface area contributed by atoms with E-state index in [1.807, 2.05) is 18.2 Å². The van der Waals surface area contributed by atoms with Crippen molar-refractivity contribution in [1.29, 1.82) is 0 Å². The molecule has 3 heteroatoms. The quantitative estimate of drug-likeness (QED) is 0.356. The molecule has 1 aromatic heterocycles. The largest absolute Gasteiger partial charge is 0.489 e. The van der Waals surface area contributed by atoms with Crippen LogP contribution in [0.5, 0.6) is 5.75 Å². The van der Waals surface area contributed by atoms with Gasteiger partial charge in [-0.1, -0.05) is 54.3 Å². The van der Waals surface area contributed by atoms with Crippen molar-refractivity contribution in [2.75, 3.05) is 13.6 Å². The van der Waals surface area contributed by atoms with Crippen LogP contribution in [0.4, 0.5) is 0 Å². The number of nitrogens with zero attached hydrogens (tertiary/aromatic N) is 1. The Hall–Kier alpha value is -2.80. The van der Waals surface area contributed by atoms with Crippen molar-refractivity contribution < 1.29 is 4.74 Å². The third kappa shape index (κ3) is 8.09. The molecule has 0 bridgehead atoms. The Morgan fingerprint density at radius 1 is 1.00 bits per heavy atom. The van der Waals surface area contributed by atoms with Crippen molar-refractivity contribution in [2.24, 2.45) is 5.41 Å². The van der Waals surface area contributed by atoms with Crippen molar-refractivity contribution in [2.45, 2.75) is 33.9 Å². The normalized spacial score (nSPS) is 11.5. The molecular formula is C28H31NOS. The van der Waals surface area contributed by atoms with Gasteiger partial charge >= 0.3 is 0 Å². The van der Waals surface area contributed by atoms with Crippen LogP contribution >= 0.6 is 11.3 Å². The summed E-state index contributed by atoms with van der Waals surface area (Å²) in [7, 11) is 2.13. The second-order valence-electron chi connectivity index (χ2n) is 8.77. The fraction of sp³-hybridized carbons (Fsp3) is 0.286. The van der Waals surface area contributed by atoms with Crippen molar-refractivity contribution in [3.8, 4) is 28.7 Å². The predicted octanol–water partition coefficient (Wildman–Crippen LogP) is 7.03. The average Bonchev–Trinajstić information content (AvgIpc) is 3.27. The summed E-state index contributed by atoms with van der Waals surface area (Å²) in [6.45, 7) is 8.69. The minimum atomic E-state index is 0.0456. The zero-order valence-corrected chi connectivity index (χ0v) is 19.7. The lowest BCUT2D eigenvalue weighted by molar-refractivity contribution is 0.305. The van der Waals surface area contributed by atoms with E-state index in [1.165, 1.54) is 22.3 Å². The van der Waals surface area contributed by atoms with E-state index >= 15 is 0 Å². The van der Waals surface area contributed by atoms with Gasteiger partial charge in [0.25, 0.3) is 0 Å². The Balaban J connectivity index is 1.53. The van der Waals surface area contributed by atoms with Gasteiger partial charge in [0.2, 0.25) is 0 Å². The molecule has 160 valence electrons. The molecule has 1 heterocycles. The van der Waals surface area contributed by atoms with Crippen LogP contribution in [-0.4, -0.2) is 18.5 Å². The molecule has 0 N–H and O–H groups in total. The molecule has 0 spiro atoms. The molecule has 0 saturated carbocycles. The van der Waals surface area contributed by atoms with Crippen LogP contribution in [-0.2, 0) is 13.2 Å². The molecule has 3 aromatic rings. The molecule has 31 heavy (non-hydrogen) atoms. The highest BCUT2D eigenvalue weighted by atomic mass is 32.1. The highest BCUT2D eigenvalue weighted by molar-refractivity contribution is 7.08. The van der Waals surface area contributed by atoms with Gasteiger partial charge in [-0.3, -0.25) is 4.90 Å². The zero-order valence-electron chi connectivity index (χ0n) is 18.9. The number of ether oxygens (including phenoxy) is 1. The first-order chi connectivity index (χ1) is 14.9. The molecule has 0 amide bonds. The van der Waals surface area contributed by atoms with Crippen LogP contribution in [0.1, 0.15) is 31.9 Å². The van der Waals surface area contributed by atoms with Gasteiger partial charge in [-0.15, -0.1) is 0 Å². The summed E-state index contributed by atoms with van der Waals surface area (Å²) in [4.78, 5) is 2.28. The maximum absolute atomic E-state index is 6.07. The van der Waals surface area contributed by atoms with Crippen LogP contribution in [0.15, 0.2) is 77.5 Å². The molecule has 0 saturated heterocycles. The highest BCUT2D eigenvalue weighted by Gasteiger charge is 2.04. The molecule has 0 atom stereocenters. The van der Waals surface area contributed by atoms with Crippen molar-refractivity contribution in [3.05, 3.63) is 88.6 Å². The van der Waals surface area contributed by atoms with Gasteiger partial charge in [-0.25, -0.2) is 0 Å². The Kier molecular flexibility index (Phi) is 8.12. The van der Waals surface area contributed by atoms with Gasteiger partial charge in [0.15, 0.2) is 0 Å². The van der Waals surface area contributed by atoms with Gasteiger partial charge in [0.05, 0.1) is 0 Å². The number of hydrogen-bond donors (Lipinski definition) is 0. The minimum Gasteiger partial charge on any atom is -0.489 e. The molecule has 0 unspecified atom stereocenters. The van der Waals surface area contributed by atoms with Gasteiger partial charge in [-0.05, 0) is 85.1 Å². The average molecular weight is 430 g/mol. The first-order valence-electron chi connectivity index (χ1n) is 10.6. The second kappa shape index (κ2) is 11.0. The molecule has 0 aliphatic heterocycles. The summed E-state index contributed by atoms with van der Waals surface area (Å²) in [6, 6.07) is 19.0. The predicted molar refractivity (Wildman–Crippen MR) is 133 cm³/mol. The lowest BCUT2D eigenvalue weighted by Crippen LogP contribution is -2.17. The Morgan fingerprint density at radius 3 is 2.58 bits per heavy atom. The second-order valence-corrected chi connectivity index (χ2v) is 9.55. The third-order valence-electron chi connectivity index (χ3n) is 4.60. The Bertz CT molecular complexity index is 1050. The molecular weight excluding hydrogens is 398 g/mol. The zero-order chi connectivity index (χ0) is 22.1. The Morgan fingerprint density at radius 2 is 1.81 bits per heavy atom. The summed E-state index contributed by atoms with van der Waals surface area (Å²) in [5.41, 5.74) is 4.93. The summed E-state index contributed by atoms with van der Waals surface area (Å²) >= 11 is 1.71. The Labute approximate surface area is 191 Å². The first kappa shape index (κ1) is 22.9. The smallest absolute Gasteiger partial charge is 0.120 e. The summed E-state index contributed by atoms with van der Waals surface area (Å²) in [6.07, 6.45) is 4.07. The lowest BCUT2D eigenvalue weighted by atomic mass is 9.98. The van der Waals surface area contributed by atoms with Crippen LogP contribution in [0.25, 0.3) is 11.1 Å². The van der Waals surface area contributed by atoms with Crippen LogP contribution in [0.3, 0.4) is 0 Å². The van der Waals surface area contributed by atoms with Crippen LogP contribution in [0, 0.1) is 17.3 Å². The van der Waals surface area contributed by atoms with E-state index in [0.717, 1.165) is 18.8 Å². The standard InChI is InChI=1S/C28H31NOS/c1-28(2,3)15-6-5-7-16-29(4)20-23-10-8-11-24(18-23)21-30-27-13-9-12-25(19-27)26-14-17-31-22-26/h5,7-14,17-19,22H,16,20-21H2,1-4H3/b7-5+. The SMILES string of the molecule is CN(C/C=C/C#CC(C)(C)C)Cc1cccc(COc2cccc(-c3ccsc3)c2)c1. The maximum Gasteiger partial charge on any atom is 0.120 e. The van der Waals surface area contributed by atoms with Gasteiger partial charge in [-0.2, -0.15) is 11.3 Å². The van der Waals surface area contributed by atoms with E-state index in [2.05, 4.69) is 104 Å². The number of rotatable bonds is 8. The number of thiophene rings is 1. The van der Waals surface area contributed by atoms with E-state index in [1.54, 1.807) is 11.3 Å². The number of allylic oxidation sites excluding steroid dienone is 1. The molecule has 2 aromatic carbocycles. The molecule has 0 fully saturated rings. The van der Waals surface area contributed by atoms with E-state index in [4.69, 9.17) is 4.74 Å². The summed E-state index contributed by atoms with van der Waals surface area (Å²) in [5.74, 6) is 7.24. The fourth-order valence-corrected chi connectivity index (χ4v) is 3.77. The van der Waals surface area contributed by atoms with Gasteiger partial charge < -0.3 is 4.74 Å². The van der Waals surface area contributed by atoms with Crippen molar-refractivity contribution in [3.63, 3.8) is 0 Å². The van der Waals surface area contributed by atoms with E-state index < -0.39 is 0 Å². The number of hydrogen-bond acceptors (Lipinski definition) is 3. The topological polar surface area (TPSA) is 12.5 Å². The maximum atomic E-state index is 6.07. The van der Waals surface area contributed by atoms with Crippen LogP contribution < -0.4 is 4.74 Å². The lowest BCUT2D eigenvalue weighted by Gasteiger charge is -2.15. The molecule has 2 nitrogen and oxygen atoms in total. The van der Waals surface area contributed by atoms with Gasteiger partial charge in [0.1, 0.15) is 12.4 Å². The summed E-state index contributed by atoms with van der Waals surface area (Å²) in [5, 5.41) is 4.26. The highest BCUT2D eigenvalue weighted by Crippen LogP contribution is 2.26.